The predicted octanol–water partition coefficient (Wildman–Crippen LogP) is 8.90. The number of ether oxygens (including phenoxy) is 2. The molecule has 0 saturated carbocycles. The van der Waals surface area contributed by atoms with Crippen molar-refractivity contribution in [2.45, 2.75) is 111 Å². The van der Waals surface area contributed by atoms with Gasteiger partial charge in [0.2, 0.25) is 5.88 Å². The number of benzene rings is 1. The van der Waals surface area contributed by atoms with Crippen LogP contribution in [0, 0.1) is 22.7 Å². The second-order valence-electron chi connectivity index (χ2n) is 19.9. The third-order valence-corrected chi connectivity index (χ3v) is 15.1. The van der Waals surface area contributed by atoms with E-state index in [1.165, 1.54) is 19.3 Å². The van der Waals surface area contributed by atoms with Crippen molar-refractivity contribution in [1.29, 1.82) is 5.26 Å². The molecule has 3 saturated heterocycles. The van der Waals surface area contributed by atoms with E-state index < -0.39 is 5.41 Å². The van der Waals surface area contributed by atoms with E-state index in [1.807, 2.05) is 41.3 Å². The lowest BCUT2D eigenvalue weighted by Gasteiger charge is -2.40. The molecule has 3 fully saturated rings. The maximum Gasteiger partial charge on any atom is 0.270 e. The van der Waals surface area contributed by atoms with Crippen molar-refractivity contribution in [3.63, 3.8) is 0 Å². The highest BCUT2D eigenvalue weighted by molar-refractivity contribution is 6.31. The van der Waals surface area contributed by atoms with Crippen LogP contribution in [-0.2, 0) is 13.0 Å². The number of fused-ring (bicyclic) bond motifs is 1. The molecular weight excluding hydrogens is 900 g/mol. The molecule has 2 N–H and O–H groups in total. The number of carbonyl (C=O) groups excluding carboxylic acids is 1. The first-order valence-corrected chi connectivity index (χ1v) is 26.2. The lowest BCUT2D eigenvalue weighted by molar-refractivity contribution is 0.0355. The Morgan fingerprint density at radius 3 is 2.34 bits per heavy atom. The first kappa shape index (κ1) is 50.7. The van der Waals surface area contributed by atoms with Gasteiger partial charge >= 0.3 is 0 Å². The number of amides is 1. The number of pyridine rings is 2. The minimum absolute atomic E-state index is 0.160. The summed E-state index contributed by atoms with van der Waals surface area (Å²) >= 11 is 6.29. The molecule has 7 heterocycles. The zero-order valence-corrected chi connectivity index (χ0v) is 42.8. The standard InChI is InChI=1S/C54H73ClN12O3/c1-6-41-36-60-67-49(32-50(62-52(41)67)66-22-10-9-11-23-66)58-34-40-13-18-51(59-35-40)69-30-12-21-63-26-28-64(29-27-63)38-39-19-24-65(25-20-39)43-15-17-46(57-37-43)53(68)61-47(7-2)54(4,5)48(8-3)70-44-16-14-42(33-56)45(55)31-44/h13-18,31-32,35-37,39,47-48,58H,6-12,19-30,34,38H2,1-5H3,(H,61,68)/t47-,48-/m0/s1. The number of hydrogen-bond acceptors (Lipinski definition) is 13. The van der Waals surface area contributed by atoms with Crippen molar-refractivity contribution < 1.29 is 14.3 Å². The van der Waals surface area contributed by atoms with Gasteiger partial charge in [-0.3, -0.25) is 4.79 Å². The molecule has 3 aliphatic heterocycles. The summed E-state index contributed by atoms with van der Waals surface area (Å²) in [7, 11) is 0. The third kappa shape index (κ3) is 12.6. The SMILES string of the molecule is CCc1cnn2c(NCc3ccc(OCCCN4CCN(CC5CCN(c6ccc(C(=O)N[C@@H](CC)C(C)(C)[C@H](CC)Oc7ccc(C#N)c(Cl)c7)nc6)CC5)CC4)nc3)cc(N3CCCCC3)nc12. The molecule has 4 aromatic heterocycles. The van der Waals surface area contributed by atoms with Gasteiger partial charge in [0.1, 0.15) is 35.3 Å². The molecule has 1 aromatic carbocycles. The summed E-state index contributed by atoms with van der Waals surface area (Å²) in [6, 6.07) is 17.1. The maximum absolute atomic E-state index is 13.5. The Morgan fingerprint density at radius 2 is 1.67 bits per heavy atom. The largest absolute Gasteiger partial charge is 0.490 e. The third-order valence-electron chi connectivity index (χ3n) is 14.8. The number of aryl methyl sites for hydroxylation is 1. The number of anilines is 3. The lowest BCUT2D eigenvalue weighted by Crippen LogP contribution is -2.52. The van der Waals surface area contributed by atoms with Crippen LogP contribution in [0.4, 0.5) is 17.3 Å². The van der Waals surface area contributed by atoms with Gasteiger partial charge < -0.3 is 39.7 Å². The quantitative estimate of drug-likeness (QED) is 0.0674. The molecular formula is C54H73ClN12O3. The predicted molar refractivity (Wildman–Crippen MR) is 278 cm³/mol. The monoisotopic (exact) mass is 973 g/mol. The number of nitriles is 1. The molecule has 2 atom stereocenters. The van der Waals surface area contributed by atoms with Crippen LogP contribution in [-0.4, -0.2) is 124 Å². The number of nitrogens with zero attached hydrogens (tertiary/aromatic N) is 10. The van der Waals surface area contributed by atoms with Gasteiger partial charge in [0.15, 0.2) is 5.65 Å². The van der Waals surface area contributed by atoms with Gasteiger partial charge in [-0.05, 0) is 93.5 Å². The van der Waals surface area contributed by atoms with Crippen molar-refractivity contribution in [1.82, 2.24) is 39.7 Å². The molecule has 15 nitrogen and oxygen atoms in total. The van der Waals surface area contributed by atoms with Crippen LogP contribution in [0.3, 0.4) is 0 Å². The smallest absolute Gasteiger partial charge is 0.270 e. The number of aromatic nitrogens is 5. The highest BCUT2D eigenvalue weighted by Crippen LogP contribution is 2.35. The van der Waals surface area contributed by atoms with Crippen LogP contribution in [0.15, 0.2) is 67.1 Å². The zero-order valence-electron chi connectivity index (χ0n) is 42.0. The molecule has 0 aliphatic carbocycles. The van der Waals surface area contributed by atoms with E-state index in [2.05, 4.69) is 98.1 Å². The summed E-state index contributed by atoms with van der Waals surface area (Å²) in [5.41, 5.74) is 4.64. The minimum Gasteiger partial charge on any atom is -0.490 e. The second kappa shape index (κ2) is 23.9. The Hall–Kier alpha value is -5.69. The van der Waals surface area contributed by atoms with Crippen LogP contribution in [0.5, 0.6) is 11.6 Å². The van der Waals surface area contributed by atoms with Crippen LogP contribution in [0.2, 0.25) is 5.02 Å². The molecule has 3 aliphatic rings. The molecule has 1 amide bonds. The summed E-state index contributed by atoms with van der Waals surface area (Å²) in [5.74, 6) is 3.72. The summed E-state index contributed by atoms with van der Waals surface area (Å²) < 4.78 is 14.4. The first-order chi connectivity index (χ1) is 34.0. The fourth-order valence-corrected chi connectivity index (χ4v) is 10.6. The van der Waals surface area contributed by atoms with E-state index >= 15 is 0 Å². The van der Waals surface area contributed by atoms with Gasteiger partial charge in [0.25, 0.3) is 5.91 Å². The highest BCUT2D eigenvalue weighted by Gasteiger charge is 2.38. The van der Waals surface area contributed by atoms with E-state index in [-0.39, 0.29) is 18.1 Å². The summed E-state index contributed by atoms with van der Waals surface area (Å²) in [6.07, 6.45) is 14.8. The molecule has 0 spiro atoms. The average Bonchev–Trinajstić information content (AvgIpc) is 3.82. The number of halogens is 1. The normalized spacial score (nSPS) is 17.3. The molecule has 374 valence electrons. The zero-order chi connectivity index (χ0) is 49.0. The minimum atomic E-state index is -0.408. The summed E-state index contributed by atoms with van der Waals surface area (Å²) in [5, 5.41) is 21.1. The average molecular weight is 974 g/mol. The van der Waals surface area contributed by atoms with Gasteiger partial charge in [-0.15, -0.1) is 0 Å². The second-order valence-corrected chi connectivity index (χ2v) is 20.3. The topological polar surface area (TPSA) is 152 Å². The summed E-state index contributed by atoms with van der Waals surface area (Å²) in [6.45, 7) is 22.4. The number of rotatable bonds is 21. The Kier molecular flexibility index (Phi) is 17.3. The van der Waals surface area contributed by atoms with Crippen molar-refractivity contribution in [3.8, 4) is 17.7 Å². The summed E-state index contributed by atoms with van der Waals surface area (Å²) in [4.78, 5) is 37.8. The van der Waals surface area contributed by atoms with Gasteiger partial charge in [-0.1, -0.05) is 52.3 Å². The molecule has 0 radical (unpaired) electrons. The van der Waals surface area contributed by atoms with E-state index in [4.69, 9.17) is 26.1 Å². The van der Waals surface area contributed by atoms with Gasteiger partial charge in [-0.25, -0.2) is 15.0 Å². The Morgan fingerprint density at radius 1 is 0.886 bits per heavy atom. The van der Waals surface area contributed by atoms with Crippen LogP contribution < -0.4 is 29.9 Å². The fourth-order valence-electron chi connectivity index (χ4n) is 10.4. The Balaban J connectivity index is 0.711. The molecule has 0 bridgehead atoms. The number of piperidine rings is 2. The van der Waals surface area contributed by atoms with E-state index in [1.54, 1.807) is 18.2 Å². The van der Waals surface area contributed by atoms with Gasteiger partial charge in [0, 0.05) is 113 Å². The highest BCUT2D eigenvalue weighted by atomic mass is 35.5. The molecule has 70 heavy (non-hydrogen) atoms. The van der Waals surface area contributed by atoms with Gasteiger partial charge in [-0.2, -0.15) is 14.9 Å². The van der Waals surface area contributed by atoms with Crippen LogP contribution in [0.25, 0.3) is 5.65 Å². The maximum atomic E-state index is 13.5. The first-order valence-electron chi connectivity index (χ1n) is 25.8. The number of nitrogens with one attached hydrogen (secondary N) is 2. The van der Waals surface area contributed by atoms with Crippen LogP contribution in [0.1, 0.15) is 113 Å². The van der Waals surface area contributed by atoms with Crippen molar-refractivity contribution >= 4 is 40.5 Å². The van der Waals surface area contributed by atoms with E-state index in [0.29, 0.717) is 47.0 Å². The molecule has 0 unspecified atom stereocenters. The number of carbonyl (C=O) groups is 1. The fraction of sp³-hybridized carbons (Fsp3) is 0.556. The Bertz CT molecular complexity index is 2510. The van der Waals surface area contributed by atoms with Crippen LogP contribution >= 0.6 is 11.6 Å². The Labute approximate surface area is 419 Å². The van der Waals surface area contributed by atoms with E-state index in [9.17, 15) is 10.1 Å². The molecule has 5 aromatic rings. The van der Waals surface area contributed by atoms with Gasteiger partial charge in [0.05, 0.1) is 35.3 Å². The molecule has 16 heteroatoms. The number of piperazine rings is 1. The molecule has 8 rings (SSSR count). The van der Waals surface area contributed by atoms with Crippen molar-refractivity contribution in [3.05, 3.63) is 94.5 Å². The lowest BCUT2D eigenvalue weighted by atomic mass is 9.76. The number of hydrogen-bond donors (Lipinski definition) is 2. The van der Waals surface area contributed by atoms with Crippen molar-refractivity contribution in [2.75, 3.05) is 87.2 Å². The van der Waals surface area contributed by atoms with E-state index in [0.717, 1.165) is 138 Å². The van der Waals surface area contributed by atoms with Crippen molar-refractivity contribution in [2.24, 2.45) is 11.3 Å².